The van der Waals surface area contributed by atoms with Gasteiger partial charge in [0.2, 0.25) is 0 Å². The average molecular weight is 407 g/mol. The zero-order chi connectivity index (χ0) is 21.1. The molecular weight excluding hydrogens is 376 g/mol. The Balaban J connectivity index is 1.82. The second-order valence-corrected chi connectivity index (χ2v) is 9.63. The van der Waals surface area contributed by atoms with Crippen molar-refractivity contribution in [2.75, 3.05) is 0 Å². The Morgan fingerprint density at radius 3 is 2.13 bits per heavy atom. The van der Waals surface area contributed by atoms with E-state index in [9.17, 15) is 9.59 Å². The molecule has 2 aliphatic heterocycles. The smallest absolute Gasteiger partial charge is 0.294 e. The van der Waals surface area contributed by atoms with Crippen LogP contribution in [0.4, 0.5) is 0 Å². The predicted octanol–water partition coefficient (Wildman–Crippen LogP) is 3.77. The summed E-state index contributed by atoms with van der Waals surface area (Å²) in [5, 5.41) is 0. The van der Waals surface area contributed by atoms with Crippen molar-refractivity contribution in [3.8, 4) is 0 Å². The van der Waals surface area contributed by atoms with E-state index in [1.54, 1.807) is 9.36 Å². The zero-order valence-corrected chi connectivity index (χ0v) is 18.1. The average Bonchev–Trinajstić information content (AvgIpc) is 3.10. The Morgan fingerprint density at radius 1 is 0.933 bits per heavy atom. The van der Waals surface area contributed by atoms with Crippen LogP contribution in [0.15, 0.2) is 39.9 Å². The summed E-state index contributed by atoms with van der Waals surface area (Å²) in [6.07, 6.45) is 6.53. The maximum Gasteiger partial charge on any atom is 0.294 e. The lowest BCUT2D eigenvalue weighted by molar-refractivity contribution is -0.00818. The molecule has 6 rings (SSSR count). The van der Waals surface area contributed by atoms with Gasteiger partial charge in [0.25, 0.3) is 11.1 Å². The van der Waals surface area contributed by atoms with Crippen LogP contribution in [0.1, 0.15) is 70.7 Å². The van der Waals surface area contributed by atoms with Crippen LogP contribution in [0.3, 0.4) is 0 Å². The van der Waals surface area contributed by atoms with E-state index in [1.807, 2.05) is 22.8 Å². The van der Waals surface area contributed by atoms with Gasteiger partial charge in [-0.25, -0.2) is 14.3 Å². The minimum atomic E-state index is -0.298. The third-order valence-electron chi connectivity index (χ3n) is 7.40. The second kappa shape index (κ2) is 6.69. The highest BCUT2D eigenvalue weighted by atomic mass is 16.2. The van der Waals surface area contributed by atoms with E-state index in [1.165, 1.54) is 0 Å². The summed E-state index contributed by atoms with van der Waals surface area (Å²) in [7, 11) is 0. The van der Waals surface area contributed by atoms with Crippen LogP contribution in [-0.4, -0.2) is 18.9 Å². The number of aryl methyl sites for hydroxylation is 1. The molecule has 1 saturated carbocycles. The van der Waals surface area contributed by atoms with Crippen LogP contribution in [0.25, 0.3) is 11.0 Å². The number of imidazole rings is 1. The fourth-order valence-electron chi connectivity index (χ4n) is 5.43. The fraction of sp³-hybridized carbons (Fsp3) is 0.542. The van der Waals surface area contributed by atoms with E-state index in [0.717, 1.165) is 56.3 Å². The summed E-state index contributed by atoms with van der Waals surface area (Å²) in [6.45, 7) is 6.95. The van der Waals surface area contributed by atoms with E-state index >= 15 is 0 Å². The molecule has 2 bridgehead atoms. The quantitative estimate of drug-likeness (QED) is 0.648. The monoisotopic (exact) mass is 406 g/mol. The summed E-state index contributed by atoms with van der Waals surface area (Å²) in [6, 6.07) is 10.1. The first-order valence-corrected chi connectivity index (χ1v) is 11.2. The third kappa shape index (κ3) is 2.65. The molecule has 0 amide bonds. The van der Waals surface area contributed by atoms with Crippen molar-refractivity contribution in [1.29, 1.82) is 0 Å². The summed E-state index contributed by atoms with van der Waals surface area (Å²) < 4.78 is 5.55. The van der Waals surface area contributed by atoms with E-state index in [0.29, 0.717) is 17.6 Å². The first-order valence-electron chi connectivity index (χ1n) is 11.2. The van der Waals surface area contributed by atoms with Gasteiger partial charge in [-0.3, -0.25) is 9.59 Å². The molecule has 3 aromatic rings. The molecule has 4 heterocycles. The molecule has 2 aromatic heterocycles. The summed E-state index contributed by atoms with van der Waals surface area (Å²) >= 11 is 0. The van der Waals surface area contributed by atoms with E-state index in [-0.39, 0.29) is 22.2 Å². The first kappa shape index (κ1) is 19.3. The van der Waals surface area contributed by atoms with Crippen LogP contribution in [0, 0.1) is 0 Å². The molecule has 1 aromatic carbocycles. The maximum atomic E-state index is 13.9. The number of rotatable bonds is 5. The molecule has 6 nitrogen and oxygen atoms in total. The highest BCUT2D eigenvalue weighted by Gasteiger charge is 2.49. The molecule has 0 radical (unpaired) electrons. The van der Waals surface area contributed by atoms with E-state index in [2.05, 4.69) is 32.9 Å². The van der Waals surface area contributed by atoms with Crippen molar-refractivity contribution in [2.45, 2.75) is 83.3 Å². The first-order chi connectivity index (χ1) is 14.4. The standard InChI is InChI=1S/C24H30N4O2/c1-4-5-11-18-25-19-20(26(18)16-17-9-7-6-8-10-17)22(30)28-24(3)14-12-23(2,13-15-24)27(28)21(19)29/h6-10H,4-5,11-16H2,1-3H3. The van der Waals surface area contributed by atoms with Crippen LogP contribution < -0.4 is 11.1 Å². The number of aromatic nitrogens is 4. The summed E-state index contributed by atoms with van der Waals surface area (Å²) in [4.78, 5) is 32.4. The number of hydrogen-bond acceptors (Lipinski definition) is 3. The topological polar surface area (TPSA) is 61.8 Å². The molecule has 0 saturated heterocycles. The van der Waals surface area contributed by atoms with Gasteiger partial charge < -0.3 is 4.57 Å². The lowest BCUT2D eigenvalue weighted by Crippen LogP contribution is -2.63. The maximum absolute atomic E-state index is 13.9. The zero-order valence-electron chi connectivity index (χ0n) is 18.1. The SMILES string of the molecule is CCCCc1nc2c(=O)n3n(c(=O)c2n1Cc1ccccc1)C1(C)CCC3(C)CC1. The van der Waals surface area contributed by atoms with Gasteiger partial charge in [0.15, 0.2) is 5.52 Å². The minimum Gasteiger partial charge on any atom is -0.319 e. The van der Waals surface area contributed by atoms with Crippen molar-refractivity contribution >= 4 is 11.0 Å². The number of nitrogens with zero attached hydrogens (tertiary/aromatic N) is 4. The Hall–Kier alpha value is -2.63. The number of benzene rings is 1. The Morgan fingerprint density at radius 2 is 1.53 bits per heavy atom. The lowest BCUT2D eigenvalue weighted by atomic mass is 9.71. The highest BCUT2D eigenvalue weighted by molar-refractivity contribution is 5.74. The van der Waals surface area contributed by atoms with E-state index < -0.39 is 0 Å². The Kier molecular flexibility index (Phi) is 4.31. The molecule has 0 atom stereocenters. The molecule has 30 heavy (non-hydrogen) atoms. The normalized spacial score (nSPS) is 25.0. The minimum absolute atomic E-state index is 0.0658. The van der Waals surface area contributed by atoms with Gasteiger partial charge in [0.1, 0.15) is 11.3 Å². The van der Waals surface area contributed by atoms with E-state index in [4.69, 9.17) is 4.98 Å². The van der Waals surface area contributed by atoms with Crippen molar-refractivity contribution in [1.82, 2.24) is 18.9 Å². The van der Waals surface area contributed by atoms with Crippen LogP contribution in [0.2, 0.25) is 0 Å². The van der Waals surface area contributed by atoms with Crippen LogP contribution >= 0.6 is 0 Å². The van der Waals surface area contributed by atoms with Crippen LogP contribution in [0.5, 0.6) is 0 Å². The predicted molar refractivity (Wildman–Crippen MR) is 118 cm³/mol. The molecule has 0 N–H and O–H groups in total. The largest absolute Gasteiger partial charge is 0.319 e. The molecule has 1 fully saturated rings. The van der Waals surface area contributed by atoms with Crippen molar-refractivity contribution in [3.05, 3.63) is 62.4 Å². The van der Waals surface area contributed by atoms with Gasteiger partial charge >= 0.3 is 0 Å². The molecule has 1 aliphatic carbocycles. The number of fused-ring (bicyclic) bond motifs is 3. The van der Waals surface area contributed by atoms with Crippen molar-refractivity contribution < 1.29 is 0 Å². The fourth-order valence-corrected chi connectivity index (χ4v) is 5.43. The van der Waals surface area contributed by atoms with Crippen molar-refractivity contribution in [3.63, 3.8) is 0 Å². The van der Waals surface area contributed by atoms with Crippen molar-refractivity contribution in [2.24, 2.45) is 0 Å². The number of hydrogen-bond donors (Lipinski definition) is 0. The molecular formula is C24H30N4O2. The Labute approximate surface area is 176 Å². The van der Waals surface area contributed by atoms with Gasteiger partial charge in [-0.05, 0) is 51.5 Å². The molecule has 0 spiro atoms. The molecule has 0 unspecified atom stereocenters. The van der Waals surface area contributed by atoms with Gasteiger partial charge in [-0.1, -0.05) is 43.7 Å². The highest BCUT2D eigenvalue weighted by Crippen LogP contribution is 2.47. The summed E-state index contributed by atoms with van der Waals surface area (Å²) in [5.41, 5.74) is 1.16. The van der Waals surface area contributed by atoms with Gasteiger partial charge in [-0.2, -0.15) is 0 Å². The Bertz CT molecular complexity index is 1220. The molecule has 3 aliphatic rings. The molecule has 6 heteroatoms. The van der Waals surface area contributed by atoms with Gasteiger partial charge in [-0.15, -0.1) is 0 Å². The summed E-state index contributed by atoms with van der Waals surface area (Å²) in [5.74, 6) is 0.844. The third-order valence-corrected chi connectivity index (χ3v) is 7.40. The lowest BCUT2D eigenvalue weighted by Gasteiger charge is -2.53. The second-order valence-electron chi connectivity index (χ2n) is 9.63. The number of unbranched alkanes of at least 4 members (excludes halogenated alkanes) is 1. The van der Waals surface area contributed by atoms with Gasteiger partial charge in [0.05, 0.1) is 11.1 Å². The van der Waals surface area contributed by atoms with Gasteiger partial charge in [0, 0.05) is 13.0 Å². The van der Waals surface area contributed by atoms with Crippen LogP contribution in [-0.2, 0) is 24.0 Å². The molecule has 158 valence electrons.